The van der Waals surface area contributed by atoms with Crippen LogP contribution in [-0.4, -0.2) is 9.78 Å². The molecule has 0 amide bonds. The first-order valence-corrected chi connectivity index (χ1v) is 8.32. The van der Waals surface area contributed by atoms with E-state index in [1.807, 2.05) is 35.1 Å². The second-order valence-electron chi connectivity index (χ2n) is 4.77. The van der Waals surface area contributed by atoms with Crippen LogP contribution >= 0.6 is 38.5 Å². The summed E-state index contributed by atoms with van der Waals surface area (Å²) in [6, 6.07) is 16.4. The SMILES string of the molecule is Nc1cn(Cc2cccc(Br)c2)nc1-c1ccc(I)cc1. The zero-order valence-electron chi connectivity index (χ0n) is 11.1. The molecule has 0 unspecified atom stereocenters. The van der Waals surface area contributed by atoms with Crippen LogP contribution in [0.15, 0.2) is 59.2 Å². The van der Waals surface area contributed by atoms with E-state index >= 15 is 0 Å². The molecule has 0 spiro atoms. The lowest BCUT2D eigenvalue weighted by Crippen LogP contribution is -2.00. The molecule has 2 aromatic carbocycles. The van der Waals surface area contributed by atoms with E-state index in [4.69, 9.17) is 5.73 Å². The van der Waals surface area contributed by atoms with Crippen molar-refractivity contribution < 1.29 is 0 Å². The molecular weight excluding hydrogens is 441 g/mol. The van der Waals surface area contributed by atoms with E-state index in [-0.39, 0.29) is 0 Å². The summed E-state index contributed by atoms with van der Waals surface area (Å²) in [5.74, 6) is 0. The molecule has 3 rings (SSSR count). The number of hydrogen-bond acceptors (Lipinski definition) is 2. The number of aromatic nitrogens is 2. The molecule has 106 valence electrons. The molecule has 1 aromatic heterocycles. The summed E-state index contributed by atoms with van der Waals surface area (Å²) >= 11 is 5.77. The average Bonchev–Trinajstić information content (AvgIpc) is 2.80. The normalized spacial score (nSPS) is 10.8. The fourth-order valence-electron chi connectivity index (χ4n) is 2.17. The number of nitrogens with two attached hydrogens (primary N) is 1. The van der Waals surface area contributed by atoms with Crippen molar-refractivity contribution in [1.29, 1.82) is 0 Å². The van der Waals surface area contributed by atoms with E-state index in [9.17, 15) is 0 Å². The summed E-state index contributed by atoms with van der Waals surface area (Å²) < 4.78 is 4.14. The van der Waals surface area contributed by atoms with Crippen molar-refractivity contribution in [3.05, 3.63) is 68.3 Å². The van der Waals surface area contributed by atoms with Gasteiger partial charge in [-0.25, -0.2) is 0 Å². The van der Waals surface area contributed by atoms with Crippen LogP contribution in [0, 0.1) is 3.57 Å². The Kier molecular flexibility index (Phi) is 4.30. The Labute approximate surface area is 145 Å². The van der Waals surface area contributed by atoms with Crippen molar-refractivity contribution in [3.63, 3.8) is 0 Å². The summed E-state index contributed by atoms with van der Waals surface area (Å²) in [6.07, 6.45) is 1.88. The van der Waals surface area contributed by atoms with E-state index in [1.54, 1.807) is 0 Å². The van der Waals surface area contributed by atoms with Crippen LogP contribution < -0.4 is 5.73 Å². The molecule has 3 nitrogen and oxygen atoms in total. The maximum atomic E-state index is 6.10. The van der Waals surface area contributed by atoms with Crippen molar-refractivity contribution in [2.45, 2.75) is 6.54 Å². The molecule has 21 heavy (non-hydrogen) atoms. The van der Waals surface area contributed by atoms with Crippen molar-refractivity contribution >= 4 is 44.2 Å². The van der Waals surface area contributed by atoms with Crippen LogP contribution in [0.4, 0.5) is 5.69 Å². The molecule has 1 heterocycles. The number of hydrogen-bond donors (Lipinski definition) is 1. The Morgan fingerprint density at radius 2 is 1.90 bits per heavy atom. The van der Waals surface area contributed by atoms with E-state index in [0.29, 0.717) is 12.2 Å². The minimum Gasteiger partial charge on any atom is -0.396 e. The fourth-order valence-corrected chi connectivity index (χ4v) is 2.98. The topological polar surface area (TPSA) is 43.8 Å². The van der Waals surface area contributed by atoms with Gasteiger partial charge in [0.25, 0.3) is 0 Å². The molecular formula is C16H13BrIN3. The zero-order valence-corrected chi connectivity index (χ0v) is 14.9. The van der Waals surface area contributed by atoms with Crippen LogP contribution in [0.3, 0.4) is 0 Å². The standard InChI is InChI=1S/C16H13BrIN3/c17-13-3-1-2-11(8-13)9-21-10-15(19)16(20-21)12-4-6-14(18)7-5-12/h1-8,10H,9,19H2. The monoisotopic (exact) mass is 453 g/mol. The zero-order chi connectivity index (χ0) is 14.8. The predicted octanol–water partition coefficient (Wildman–Crippen LogP) is 4.55. The molecule has 0 aliphatic rings. The Hall–Kier alpha value is -1.34. The summed E-state index contributed by atoms with van der Waals surface area (Å²) in [4.78, 5) is 0. The molecule has 0 fully saturated rings. The van der Waals surface area contributed by atoms with Crippen molar-refractivity contribution in [2.24, 2.45) is 0 Å². The number of nitrogens with zero attached hydrogens (tertiary/aromatic N) is 2. The van der Waals surface area contributed by atoms with E-state index in [0.717, 1.165) is 15.7 Å². The lowest BCUT2D eigenvalue weighted by molar-refractivity contribution is 0.689. The first kappa shape index (κ1) is 14.6. The highest BCUT2D eigenvalue weighted by atomic mass is 127. The molecule has 0 saturated carbocycles. The lowest BCUT2D eigenvalue weighted by Gasteiger charge is -2.02. The van der Waals surface area contributed by atoms with Crippen LogP contribution in [0.25, 0.3) is 11.3 Å². The van der Waals surface area contributed by atoms with E-state index in [1.165, 1.54) is 9.13 Å². The minimum atomic E-state index is 0.700. The van der Waals surface area contributed by atoms with Gasteiger partial charge >= 0.3 is 0 Å². The first-order chi connectivity index (χ1) is 10.1. The summed E-state index contributed by atoms with van der Waals surface area (Å²) in [6.45, 7) is 0.702. The third-order valence-corrected chi connectivity index (χ3v) is 4.35. The minimum absolute atomic E-state index is 0.700. The highest BCUT2D eigenvalue weighted by molar-refractivity contribution is 14.1. The highest BCUT2D eigenvalue weighted by Crippen LogP contribution is 2.25. The Balaban J connectivity index is 1.89. The van der Waals surface area contributed by atoms with Gasteiger partial charge < -0.3 is 5.73 Å². The van der Waals surface area contributed by atoms with Gasteiger partial charge in [0, 0.05) is 19.8 Å². The number of rotatable bonds is 3. The number of benzene rings is 2. The maximum absolute atomic E-state index is 6.10. The molecule has 0 aliphatic carbocycles. The summed E-state index contributed by atoms with van der Waals surface area (Å²) in [7, 11) is 0. The molecule has 3 aromatic rings. The van der Waals surface area contributed by atoms with Gasteiger partial charge in [0.1, 0.15) is 5.69 Å². The summed E-state index contributed by atoms with van der Waals surface area (Å²) in [5.41, 5.74) is 9.86. The summed E-state index contributed by atoms with van der Waals surface area (Å²) in [5, 5.41) is 4.61. The third-order valence-electron chi connectivity index (χ3n) is 3.14. The Bertz CT molecular complexity index is 765. The molecule has 0 aliphatic heterocycles. The second-order valence-corrected chi connectivity index (χ2v) is 6.93. The van der Waals surface area contributed by atoms with Gasteiger partial charge in [-0.1, -0.05) is 40.2 Å². The molecule has 0 radical (unpaired) electrons. The lowest BCUT2D eigenvalue weighted by atomic mass is 10.1. The van der Waals surface area contributed by atoms with E-state index in [2.05, 4.69) is 67.9 Å². The molecule has 5 heteroatoms. The molecule has 0 atom stereocenters. The Morgan fingerprint density at radius 1 is 1.14 bits per heavy atom. The van der Waals surface area contributed by atoms with Crippen LogP contribution in [-0.2, 0) is 6.54 Å². The number of anilines is 1. The number of halogens is 2. The van der Waals surface area contributed by atoms with Gasteiger partial charge in [-0.3, -0.25) is 4.68 Å². The predicted molar refractivity (Wildman–Crippen MR) is 98.0 cm³/mol. The smallest absolute Gasteiger partial charge is 0.115 e. The van der Waals surface area contributed by atoms with Crippen molar-refractivity contribution in [1.82, 2.24) is 9.78 Å². The van der Waals surface area contributed by atoms with Gasteiger partial charge in [-0.15, -0.1) is 0 Å². The van der Waals surface area contributed by atoms with Gasteiger partial charge in [-0.2, -0.15) is 5.10 Å². The fraction of sp³-hybridized carbons (Fsp3) is 0.0625. The average molecular weight is 454 g/mol. The van der Waals surface area contributed by atoms with Gasteiger partial charge in [0.15, 0.2) is 0 Å². The molecule has 2 N–H and O–H groups in total. The van der Waals surface area contributed by atoms with Gasteiger partial charge in [0.05, 0.1) is 12.2 Å². The second kappa shape index (κ2) is 6.19. The largest absolute Gasteiger partial charge is 0.396 e. The van der Waals surface area contributed by atoms with Gasteiger partial charge in [-0.05, 0) is 52.4 Å². The van der Waals surface area contributed by atoms with E-state index < -0.39 is 0 Å². The van der Waals surface area contributed by atoms with Gasteiger partial charge in [0.2, 0.25) is 0 Å². The quantitative estimate of drug-likeness (QED) is 0.591. The molecule has 0 bridgehead atoms. The molecule has 0 saturated heterocycles. The highest BCUT2D eigenvalue weighted by Gasteiger charge is 2.09. The Morgan fingerprint density at radius 3 is 2.62 bits per heavy atom. The first-order valence-electron chi connectivity index (χ1n) is 6.45. The van der Waals surface area contributed by atoms with Crippen LogP contribution in [0.5, 0.6) is 0 Å². The van der Waals surface area contributed by atoms with Crippen molar-refractivity contribution in [2.75, 3.05) is 5.73 Å². The third kappa shape index (κ3) is 3.47. The number of nitrogen functional groups attached to an aromatic ring is 1. The van der Waals surface area contributed by atoms with Crippen LogP contribution in [0.2, 0.25) is 0 Å². The van der Waals surface area contributed by atoms with Crippen LogP contribution in [0.1, 0.15) is 5.56 Å². The maximum Gasteiger partial charge on any atom is 0.115 e. The van der Waals surface area contributed by atoms with Crippen molar-refractivity contribution in [3.8, 4) is 11.3 Å².